The summed E-state index contributed by atoms with van der Waals surface area (Å²) in [5.74, 6) is 1.22. The Bertz CT molecular complexity index is 229. The summed E-state index contributed by atoms with van der Waals surface area (Å²) >= 11 is 0. The highest BCUT2D eigenvalue weighted by Gasteiger charge is 2.14. The first-order valence-corrected chi connectivity index (χ1v) is 4.55. The second-order valence-corrected chi connectivity index (χ2v) is 3.25. The SMILES string of the molecule is c1nocc1OCC1CCCOC1. The minimum Gasteiger partial charge on any atom is -0.488 e. The Morgan fingerprint density at radius 3 is 3.31 bits per heavy atom. The van der Waals surface area contributed by atoms with Gasteiger partial charge in [0.15, 0.2) is 12.0 Å². The molecule has 0 N–H and O–H groups in total. The van der Waals surface area contributed by atoms with Gasteiger partial charge in [-0.2, -0.15) is 0 Å². The number of hydrogen-bond acceptors (Lipinski definition) is 4. The Kier molecular flexibility index (Phi) is 2.82. The van der Waals surface area contributed by atoms with E-state index in [9.17, 15) is 0 Å². The summed E-state index contributed by atoms with van der Waals surface area (Å²) in [4.78, 5) is 0. The van der Waals surface area contributed by atoms with E-state index in [4.69, 9.17) is 9.47 Å². The smallest absolute Gasteiger partial charge is 0.178 e. The first-order valence-electron chi connectivity index (χ1n) is 4.55. The van der Waals surface area contributed by atoms with Gasteiger partial charge in [-0.25, -0.2) is 0 Å². The molecular formula is C9H13NO3. The lowest BCUT2D eigenvalue weighted by Crippen LogP contribution is -2.23. The standard InChI is InChI=1S/C9H13NO3/c1-2-8(5-11-3-1)6-12-9-4-10-13-7-9/h4,7-8H,1-3,5-6H2. The molecule has 2 rings (SSSR count). The molecule has 4 nitrogen and oxygen atoms in total. The Hall–Kier alpha value is -1.03. The molecule has 1 aliphatic heterocycles. The molecule has 0 saturated carbocycles. The van der Waals surface area contributed by atoms with Crippen molar-refractivity contribution < 1.29 is 14.0 Å². The van der Waals surface area contributed by atoms with Gasteiger partial charge in [-0.15, -0.1) is 0 Å². The maximum absolute atomic E-state index is 5.45. The molecule has 1 aliphatic rings. The van der Waals surface area contributed by atoms with Gasteiger partial charge in [0.25, 0.3) is 0 Å². The van der Waals surface area contributed by atoms with Crippen LogP contribution in [0.25, 0.3) is 0 Å². The van der Waals surface area contributed by atoms with Gasteiger partial charge in [-0.3, -0.25) is 0 Å². The third kappa shape index (κ3) is 2.45. The minimum atomic E-state index is 0.517. The molecule has 0 radical (unpaired) electrons. The molecule has 1 atom stereocenters. The predicted octanol–water partition coefficient (Wildman–Crippen LogP) is 1.48. The second kappa shape index (κ2) is 4.28. The molecule has 0 aromatic carbocycles. The van der Waals surface area contributed by atoms with E-state index in [1.165, 1.54) is 12.7 Å². The summed E-state index contributed by atoms with van der Waals surface area (Å²) in [6.45, 7) is 2.40. The van der Waals surface area contributed by atoms with E-state index in [2.05, 4.69) is 9.68 Å². The van der Waals surface area contributed by atoms with Crippen LogP contribution < -0.4 is 4.74 Å². The fourth-order valence-electron chi connectivity index (χ4n) is 1.42. The monoisotopic (exact) mass is 183 g/mol. The van der Waals surface area contributed by atoms with Crippen molar-refractivity contribution in [1.82, 2.24) is 5.16 Å². The molecule has 0 bridgehead atoms. The molecule has 0 amide bonds. The van der Waals surface area contributed by atoms with Crippen LogP contribution in [0.15, 0.2) is 17.0 Å². The fourth-order valence-corrected chi connectivity index (χ4v) is 1.42. The highest BCUT2D eigenvalue weighted by molar-refractivity contribution is 5.07. The summed E-state index contributed by atoms with van der Waals surface area (Å²) in [7, 11) is 0. The Morgan fingerprint density at radius 2 is 2.62 bits per heavy atom. The summed E-state index contributed by atoms with van der Waals surface area (Å²) < 4.78 is 15.4. The zero-order valence-electron chi connectivity index (χ0n) is 7.44. The van der Waals surface area contributed by atoms with E-state index in [1.54, 1.807) is 6.20 Å². The molecule has 2 heterocycles. The van der Waals surface area contributed by atoms with Crippen LogP contribution in [0.3, 0.4) is 0 Å². The molecule has 72 valence electrons. The maximum atomic E-state index is 5.45. The van der Waals surface area contributed by atoms with E-state index in [0.29, 0.717) is 18.3 Å². The van der Waals surface area contributed by atoms with Crippen molar-refractivity contribution in [3.05, 3.63) is 12.5 Å². The first-order chi connectivity index (χ1) is 6.45. The third-order valence-electron chi connectivity index (χ3n) is 2.15. The van der Waals surface area contributed by atoms with Crippen LogP contribution in [-0.4, -0.2) is 25.0 Å². The van der Waals surface area contributed by atoms with Crippen molar-refractivity contribution in [2.24, 2.45) is 5.92 Å². The molecule has 13 heavy (non-hydrogen) atoms. The fraction of sp³-hybridized carbons (Fsp3) is 0.667. The van der Waals surface area contributed by atoms with Gasteiger partial charge in [0.1, 0.15) is 6.20 Å². The summed E-state index contributed by atoms with van der Waals surface area (Å²) in [5.41, 5.74) is 0. The molecule has 1 aromatic rings. The second-order valence-electron chi connectivity index (χ2n) is 3.25. The zero-order valence-corrected chi connectivity index (χ0v) is 7.44. The molecule has 0 aliphatic carbocycles. The first kappa shape index (κ1) is 8.56. The van der Waals surface area contributed by atoms with Gasteiger partial charge >= 0.3 is 0 Å². The third-order valence-corrected chi connectivity index (χ3v) is 2.15. The average molecular weight is 183 g/mol. The van der Waals surface area contributed by atoms with Crippen LogP contribution in [0.2, 0.25) is 0 Å². The van der Waals surface area contributed by atoms with Crippen LogP contribution >= 0.6 is 0 Å². The van der Waals surface area contributed by atoms with E-state index in [1.807, 2.05) is 0 Å². The van der Waals surface area contributed by atoms with E-state index in [0.717, 1.165) is 19.6 Å². The summed E-state index contributed by atoms with van der Waals surface area (Å²) in [6, 6.07) is 0. The molecule has 0 spiro atoms. The van der Waals surface area contributed by atoms with E-state index < -0.39 is 0 Å². The van der Waals surface area contributed by atoms with Crippen molar-refractivity contribution in [3.8, 4) is 5.75 Å². The van der Waals surface area contributed by atoms with Crippen LogP contribution in [0.1, 0.15) is 12.8 Å². The largest absolute Gasteiger partial charge is 0.488 e. The van der Waals surface area contributed by atoms with Crippen LogP contribution in [0.4, 0.5) is 0 Å². The van der Waals surface area contributed by atoms with Gasteiger partial charge in [0.05, 0.1) is 13.2 Å². The van der Waals surface area contributed by atoms with Crippen LogP contribution in [0.5, 0.6) is 5.75 Å². The number of nitrogens with zero attached hydrogens (tertiary/aromatic N) is 1. The van der Waals surface area contributed by atoms with E-state index in [-0.39, 0.29) is 0 Å². The topological polar surface area (TPSA) is 44.5 Å². The van der Waals surface area contributed by atoms with Crippen molar-refractivity contribution in [2.45, 2.75) is 12.8 Å². The zero-order chi connectivity index (χ0) is 8.93. The van der Waals surface area contributed by atoms with Gasteiger partial charge in [0, 0.05) is 12.5 Å². The normalized spacial score (nSPS) is 22.9. The molecule has 1 fully saturated rings. The molecular weight excluding hydrogens is 170 g/mol. The van der Waals surface area contributed by atoms with Gasteiger partial charge in [0.2, 0.25) is 0 Å². The molecule has 4 heteroatoms. The van der Waals surface area contributed by atoms with Crippen molar-refractivity contribution in [1.29, 1.82) is 0 Å². The van der Waals surface area contributed by atoms with Gasteiger partial charge < -0.3 is 14.0 Å². The Balaban J connectivity index is 1.72. The number of rotatable bonds is 3. The van der Waals surface area contributed by atoms with Crippen LogP contribution in [-0.2, 0) is 4.74 Å². The van der Waals surface area contributed by atoms with Crippen LogP contribution in [0, 0.1) is 5.92 Å². The maximum Gasteiger partial charge on any atom is 0.178 e. The Labute approximate surface area is 76.8 Å². The number of ether oxygens (including phenoxy) is 2. The molecule has 1 aromatic heterocycles. The summed E-state index contributed by atoms with van der Waals surface area (Å²) in [5, 5.41) is 3.55. The van der Waals surface area contributed by atoms with E-state index >= 15 is 0 Å². The number of hydrogen-bond donors (Lipinski definition) is 0. The highest BCUT2D eigenvalue weighted by Crippen LogP contribution is 2.16. The summed E-state index contributed by atoms with van der Waals surface area (Å²) in [6.07, 6.45) is 5.40. The Morgan fingerprint density at radius 1 is 1.62 bits per heavy atom. The van der Waals surface area contributed by atoms with Gasteiger partial charge in [-0.05, 0) is 12.8 Å². The lowest BCUT2D eigenvalue weighted by molar-refractivity contribution is 0.0351. The van der Waals surface area contributed by atoms with Gasteiger partial charge in [-0.1, -0.05) is 5.16 Å². The number of aromatic nitrogens is 1. The van der Waals surface area contributed by atoms with Crippen molar-refractivity contribution in [2.75, 3.05) is 19.8 Å². The minimum absolute atomic E-state index is 0.517. The quantitative estimate of drug-likeness (QED) is 0.712. The lowest BCUT2D eigenvalue weighted by atomic mass is 10.0. The lowest BCUT2D eigenvalue weighted by Gasteiger charge is -2.21. The van der Waals surface area contributed by atoms with Crippen molar-refractivity contribution in [3.63, 3.8) is 0 Å². The molecule has 1 unspecified atom stereocenters. The molecule has 1 saturated heterocycles. The van der Waals surface area contributed by atoms with Crippen molar-refractivity contribution >= 4 is 0 Å². The highest BCUT2D eigenvalue weighted by atomic mass is 16.5. The predicted molar refractivity (Wildman–Crippen MR) is 45.5 cm³/mol. The average Bonchev–Trinajstić information content (AvgIpc) is 2.69.